The molecule has 1 aromatic carbocycles. The number of hydrogen-bond donors (Lipinski definition) is 2. The van der Waals surface area contributed by atoms with Crippen LogP contribution in [0.5, 0.6) is 0 Å². The van der Waals surface area contributed by atoms with Gasteiger partial charge in [-0.15, -0.1) is 0 Å². The average molecular weight is 374 g/mol. The fourth-order valence-corrected chi connectivity index (χ4v) is 3.14. The number of aromatic nitrogens is 2. The highest BCUT2D eigenvalue weighted by Gasteiger charge is 2.23. The largest absolute Gasteiger partial charge is 0.364 e. The molecule has 0 unspecified atom stereocenters. The number of benzene rings is 1. The molecule has 0 fully saturated rings. The molecular weight excluding hydrogens is 354 g/mol. The van der Waals surface area contributed by atoms with Crippen molar-refractivity contribution in [2.24, 2.45) is 0 Å². The number of hydrogen-bond acceptors (Lipinski definition) is 6. The van der Waals surface area contributed by atoms with Crippen molar-refractivity contribution >= 4 is 34.6 Å². The van der Waals surface area contributed by atoms with E-state index in [2.05, 4.69) is 26.7 Å². The molecule has 1 aliphatic rings. The monoisotopic (exact) mass is 373 g/mol. The lowest BCUT2D eigenvalue weighted by Gasteiger charge is -2.13. The Hall–Kier alpha value is -2.67. The molecule has 0 radical (unpaired) electrons. The Balaban J connectivity index is 1.75. The normalized spacial score (nSPS) is 13.8. The third kappa shape index (κ3) is 4.70. The second-order valence-electron chi connectivity index (χ2n) is 6.10. The summed E-state index contributed by atoms with van der Waals surface area (Å²) < 4.78 is 0. The molecule has 8 heteroatoms. The maximum atomic E-state index is 11.6. The highest BCUT2D eigenvalue weighted by Crippen LogP contribution is 2.32. The lowest BCUT2D eigenvalue weighted by molar-refractivity contribution is -0.383. The van der Waals surface area contributed by atoms with Crippen LogP contribution in [0.25, 0.3) is 0 Å². The van der Waals surface area contributed by atoms with Crippen LogP contribution >= 0.6 is 11.6 Å². The summed E-state index contributed by atoms with van der Waals surface area (Å²) in [7, 11) is 0. The minimum Gasteiger partial charge on any atom is -0.364 e. The van der Waals surface area contributed by atoms with Gasteiger partial charge < -0.3 is 10.6 Å². The van der Waals surface area contributed by atoms with Crippen LogP contribution in [0.1, 0.15) is 32.1 Å². The maximum absolute atomic E-state index is 11.6. The number of rotatable bonds is 7. The van der Waals surface area contributed by atoms with E-state index >= 15 is 0 Å². The second-order valence-corrected chi connectivity index (χ2v) is 6.53. The van der Waals surface area contributed by atoms with E-state index < -0.39 is 4.92 Å². The fraction of sp³-hybridized carbons (Fsp3) is 0.333. The zero-order valence-electron chi connectivity index (χ0n) is 14.2. The average Bonchev–Trinajstić information content (AvgIpc) is 2.62. The van der Waals surface area contributed by atoms with Gasteiger partial charge in [0.15, 0.2) is 0 Å². The summed E-state index contributed by atoms with van der Waals surface area (Å²) in [6.45, 7) is 0.598. The van der Waals surface area contributed by atoms with E-state index in [1.807, 2.05) is 0 Å². The summed E-state index contributed by atoms with van der Waals surface area (Å²) in [5.41, 5.74) is 1.85. The van der Waals surface area contributed by atoms with Crippen LogP contribution in [0.4, 0.5) is 23.0 Å². The van der Waals surface area contributed by atoms with E-state index in [9.17, 15) is 10.1 Å². The third-order valence-corrected chi connectivity index (χ3v) is 4.45. The lowest BCUT2D eigenvalue weighted by Crippen LogP contribution is -2.10. The van der Waals surface area contributed by atoms with Gasteiger partial charge >= 0.3 is 5.69 Å². The minimum atomic E-state index is -0.477. The third-order valence-electron chi connectivity index (χ3n) is 4.22. The van der Waals surface area contributed by atoms with Crippen LogP contribution in [0, 0.1) is 10.1 Å². The molecule has 1 heterocycles. The highest BCUT2D eigenvalue weighted by molar-refractivity contribution is 6.30. The van der Waals surface area contributed by atoms with Crippen LogP contribution in [0.2, 0.25) is 5.02 Å². The molecule has 1 aromatic heterocycles. The Morgan fingerprint density at radius 3 is 2.81 bits per heavy atom. The summed E-state index contributed by atoms with van der Waals surface area (Å²) >= 11 is 5.96. The Morgan fingerprint density at radius 2 is 2.08 bits per heavy atom. The highest BCUT2D eigenvalue weighted by atomic mass is 35.5. The van der Waals surface area contributed by atoms with Crippen molar-refractivity contribution < 1.29 is 4.92 Å². The Bertz CT molecular complexity index is 825. The van der Waals surface area contributed by atoms with E-state index in [0.29, 0.717) is 17.3 Å². The van der Waals surface area contributed by atoms with Crippen molar-refractivity contribution in [1.82, 2.24) is 9.97 Å². The van der Waals surface area contributed by atoms with E-state index in [1.165, 1.54) is 24.7 Å². The minimum absolute atomic E-state index is 0.131. The summed E-state index contributed by atoms with van der Waals surface area (Å²) in [5, 5.41) is 18.1. The van der Waals surface area contributed by atoms with Gasteiger partial charge in [-0.2, -0.15) is 0 Å². The van der Waals surface area contributed by atoms with Crippen molar-refractivity contribution in [3.63, 3.8) is 0 Å². The number of nitrogens with zero attached hydrogens (tertiary/aromatic N) is 3. The van der Waals surface area contributed by atoms with E-state index in [0.717, 1.165) is 19.3 Å². The summed E-state index contributed by atoms with van der Waals surface area (Å²) in [6, 6.07) is 6.93. The van der Waals surface area contributed by atoms with Gasteiger partial charge in [-0.3, -0.25) is 10.1 Å². The molecule has 0 saturated carbocycles. The van der Waals surface area contributed by atoms with Gasteiger partial charge in [-0.1, -0.05) is 29.3 Å². The summed E-state index contributed by atoms with van der Waals surface area (Å²) in [5.74, 6) is 0.345. The topological polar surface area (TPSA) is 93.0 Å². The van der Waals surface area contributed by atoms with Crippen LogP contribution < -0.4 is 10.6 Å². The van der Waals surface area contributed by atoms with E-state index in [4.69, 9.17) is 11.6 Å². The first-order valence-corrected chi connectivity index (χ1v) is 8.95. The van der Waals surface area contributed by atoms with Crippen molar-refractivity contribution in [3.8, 4) is 0 Å². The number of allylic oxidation sites excluding steroid dienone is 1. The number of nitrogens with one attached hydrogen (secondary N) is 2. The number of anilines is 3. The zero-order valence-corrected chi connectivity index (χ0v) is 15.0. The maximum Gasteiger partial charge on any atom is 0.353 e. The smallest absolute Gasteiger partial charge is 0.353 e. The van der Waals surface area contributed by atoms with Gasteiger partial charge in [-0.05, 0) is 50.3 Å². The predicted molar refractivity (Wildman–Crippen MR) is 103 cm³/mol. The molecule has 0 bridgehead atoms. The molecule has 0 spiro atoms. The second kappa shape index (κ2) is 8.62. The molecule has 7 nitrogen and oxygen atoms in total. The van der Waals surface area contributed by atoms with Crippen LogP contribution in [0.3, 0.4) is 0 Å². The molecule has 0 amide bonds. The molecular formula is C18H20ClN5O2. The van der Waals surface area contributed by atoms with Gasteiger partial charge in [0.2, 0.25) is 11.6 Å². The van der Waals surface area contributed by atoms with E-state index in [1.54, 1.807) is 24.3 Å². The van der Waals surface area contributed by atoms with Crippen molar-refractivity contribution in [2.45, 2.75) is 32.1 Å². The summed E-state index contributed by atoms with van der Waals surface area (Å²) in [4.78, 5) is 19.2. The van der Waals surface area contributed by atoms with Crippen molar-refractivity contribution in [2.75, 3.05) is 17.2 Å². The molecule has 2 aromatic rings. The molecule has 26 heavy (non-hydrogen) atoms. The number of halogens is 1. The molecule has 3 rings (SSSR count). The van der Waals surface area contributed by atoms with Crippen LogP contribution in [0.15, 0.2) is 42.2 Å². The molecule has 1 aliphatic carbocycles. The first-order valence-electron chi connectivity index (χ1n) is 8.57. The molecule has 0 saturated heterocycles. The SMILES string of the molecule is O=[N+]([O-])c1c(NCCC2=CCCCC2)ncnc1Nc1cccc(Cl)c1. The van der Waals surface area contributed by atoms with Gasteiger partial charge in [0.1, 0.15) is 6.33 Å². The Kier molecular flexibility index (Phi) is 6.01. The van der Waals surface area contributed by atoms with E-state index in [-0.39, 0.29) is 17.3 Å². The predicted octanol–water partition coefficient (Wildman–Crippen LogP) is 5.08. The number of nitro groups is 1. The Morgan fingerprint density at radius 1 is 1.23 bits per heavy atom. The van der Waals surface area contributed by atoms with Crippen LogP contribution in [-0.4, -0.2) is 21.4 Å². The van der Waals surface area contributed by atoms with Crippen LogP contribution in [-0.2, 0) is 0 Å². The summed E-state index contributed by atoms with van der Waals surface area (Å²) in [6.07, 6.45) is 9.12. The molecule has 0 atom stereocenters. The first-order chi connectivity index (χ1) is 12.6. The van der Waals surface area contributed by atoms with Crippen molar-refractivity contribution in [1.29, 1.82) is 0 Å². The Labute approximate surface area is 156 Å². The van der Waals surface area contributed by atoms with Gasteiger partial charge in [0.25, 0.3) is 0 Å². The molecule has 2 N–H and O–H groups in total. The van der Waals surface area contributed by atoms with Gasteiger partial charge in [0.05, 0.1) is 4.92 Å². The standard InChI is InChI=1S/C18H20ClN5O2/c19-14-7-4-8-15(11-14)23-18-16(24(25)26)17(21-12-22-18)20-10-9-13-5-2-1-3-6-13/h4-5,7-8,11-12H,1-3,6,9-10H2,(H2,20,21,22,23). The quantitative estimate of drug-likeness (QED) is 0.399. The first kappa shape index (κ1) is 18.1. The van der Waals surface area contributed by atoms with Gasteiger partial charge in [0, 0.05) is 17.3 Å². The van der Waals surface area contributed by atoms with Gasteiger partial charge in [-0.25, -0.2) is 9.97 Å². The zero-order chi connectivity index (χ0) is 18.4. The molecule has 136 valence electrons. The fourth-order valence-electron chi connectivity index (χ4n) is 2.95. The molecule has 0 aliphatic heterocycles. The van der Waals surface area contributed by atoms with Crippen molar-refractivity contribution in [3.05, 3.63) is 57.4 Å². The lowest BCUT2D eigenvalue weighted by atomic mass is 9.97.